The van der Waals surface area contributed by atoms with Gasteiger partial charge in [-0.05, 0) is 27.2 Å². The molecule has 0 aromatic heterocycles. The molecule has 0 saturated heterocycles. The molecule has 2 nitrogen and oxygen atoms in total. The zero-order chi connectivity index (χ0) is 6.91. The van der Waals surface area contributed by atoms with Gasteiger partial charge in [0.1, 0.15) is 5.66 Å². The standard InChI is InChI=1S/C7H14N2/c1-6-4-5-8-7(2,3)9-6/h8H,4-5H2,1-3H3. The molecule has 9 heavy (non-hydrogen) atoms. The summed E-state index contributed by atoms with van der Waals surface area (Å²) in [4.78, 5) is 4.42. The summed E-state index contributed by atoms with van der Waals surface area (Å²) in [7, 11) is 0. The second-order valence-electron chi connectivity index (χ2n) is 3.08. The quantitative estimate of drug-likeness (QED) is 0.518. The molecule has 0 amide bonds. The first-order valence-electron chi connectivity index (χ1n) is 3.40. The van der Waals surface area contributed by atoms with Crippen LogP contribution in [0.5, 0.6) is 0 Å². The number of hydrogen-bond acceptors (Lipinski definition) is 2. The van der Waals surface area contributed by atoms with Gasteiger partial charge >= 0.3 is 0 Å². The lowest BCUT2D eigenvalue weighted by Crippen LogP contribution is -2.42. The van der Waals surface area contributed by atoms with Gasteiger partial charge in [0.15, 0.2) is 0 Å². The van der Waals surface area contributed by atoms with Crippen molar-refractivity contribution in [2.24, 2.45) is 4.99 Å². The molecule has 0 unspecified atom stereocenters. The maximum atomic E-state index is 4.42. The molecule has 1 aliphatic heterocycles. The van der Waals surface area contributed by atoms with Crippen molar-refractivity contribution in [2.75, 3.05) is 6.54 Å². The highest BCUT2D eigenvalue weighted by atomic mass is 15.1. The van der Waals surface area contributed by atoms with Gasteiger partial charge in [0.25, 0.3) is 0 Å². The molecular weight excluding hydrogens is 112 g/mol. The monoisotopic (exact) mass is 126 g/mol. The van der Waals surface area contributed by atoms with Crippen LogP contribution in [0.3, 0.4) is 0 Å². The summed E-state index contributed by atoms with van der Waals surface area (Å²) in [6.45, 7) is 7.34. The van der Waals surface area contributed by atoms with E-state index in [9.17, 15) is 0 Å². The van der Waals surface area contributed by atoms with Crippen LogP contribution in [0.4, 0.5) is 0 Å². The van der Waals surface area contributed by atoms with Crippen LogP contribution in [0.25, 0.3) is 0 Å². The van der Waals surface area contributed by atoms with E-state index in [0.29, 0.717) is 0 Å². The van der Waals surface area contributed by atoms with Crippen molar-refractivity contribution < 1.29 is 0 Å². The zero-order valence-electron chi connectivity index (χ0n) is 6.36. The lowest BCUT2D eigenvalue weighted by molar-refractivity contribution is 0.397. The number of hydrogen-bond donors (Lipinski definition) is 1. The second-order valence-corrected chi connectivity index (χ2v) is 3.08. The van der Waals surface area contributed by atoms with Crippen LogP contribution in [0, 0.1) is 0 Å². The molecule has 0 atom stereocenters. The van der Waals surface area contributed by atoms with Gasteiger partial charge in [-0.3, -0.25) is 10.3 Å². The maximum absolute atomic E-state index is 4.42. The SMILES string of the molecule is CC1=NC(C)(C)NCC1. The highest BCUT2D eigenvalue weighted by molar-refractivity contribution is 5.83. The summed E-state index contributed by atoms with van der Waals surface area (Å²) in [6.07, 6.45) is 1.10. The maximum Gasteiger partial charge on any atom is 0.104 e. The fourth-order valence-electron chi connectivity index (χ4n) is 1.12. The molecule has 1 aliphatic rings. The highest BCUT2D eigenvalue weighted by Gasteiger charge is 2.18. The lowest BCUT2D eigenvalue weighted by atomic mass is 10.1. The van der Waals surface area contributed by atoms with E-state index in [1.807, 2.05) is 0 Å². The zero-order valence-corrected chi connectivity index (χ0v) is 6.36. The van der Waals surface area contributed by atoms with E-state index in [2.05, 4.69) is 31.1 Å². The van der Waals surface area contributed by atoms with Gasteiger partial charge in [0, 0.05) is 12.3 Å². The predicted octanol–water partition coefficient (Wildman–Crippen LogP) is 1.18. The average Bonchev–Trinajstić information content (AvgIpc) is 1.60. The first kappa shape index (κ1) is 6.75. The summed E-state index contributed by atoms with van der Waals surface area (Å²) >= 11 is 0. The molecule has 1 rings (SSSR count). The molecule has 1 heterocycles. The van der Waals surface area contributed by atoms with Crippen molar-refractivity contribution in [3.8, 4) is 0 Å². The third-order valence-corrected chi connectivity index (χ3v) is 1.51. The van der Waals surface area contributed by atoms with Gasteiger partial charge in [0.05, 0.1) is 0 Å². The van der Waals surface area contributed by atoms with Crippen LogP contribution in [-0.2, 0) is 0 Å². The Labute approximate surface area is 56.4 Å². The van der Waals surface area contributed by atoms with E-state index < -0.39 is 0 Å². The van der Waals surface area contributed by atoms with Crippen LogP contribution in [0.2, 0.25) is 0 Å². The Morgan fingerprint density at radius 1 is 1.56 bits per heavy atom. The minimum Gasteiger partial charge on any atom is -0.293 e. The van der Waals surface area contributed by atoms with Gasteiger partial charge < -0.3 is 0 Å². The van der Waals surface area contributed by atoms with Crippen molar-refractivity contribution in [3.05, 3.63) is 0 Å². The topological polar surface area (TPSA) is 24.4 Å². The van der Waals surface area contributed by atoms with Crippen LogP contribution < -0.4 is 5.32 Å². The molecule has 0 radical (unpaired) electrons. The van der Waals surface area contributed by atoms with Crippen molar-refractivity contribution in [1.29, 1.82) is 0 Å². The largest absolute Gasteiger partial charge is 0.293 e. The van der Waals surface area contributed by atoms with E-state index in [1.165, 1.54) is 5.71 Å². The van der Waals surface area contributed by atoms with Gasteiger partial charge in [-0.15, -0.1) is 0 Å². The van der Waals surface area contributed by atoms with Gasteiger partial charge in [-0.1, -0.05) is 0 Å². The predicted molar refractivity (Wildman–Crippen MR) is 39.8 cm³/mol. The third kappa shape index (κ3) is 1.79. The van der Waals surface area contributed by atoms with E-state index in [-0.39, 0.29) is 5.66 Å². The van der Waals surface area contributed by atoms with Crippen molar-refractivity contribution >= 4 is 5.71 Å². The molecular formula is C7H14N2. The number of nitrogens with one attached hydrogen (secondary N) is 1. The number of nitrogens with zero attached hydrogens (tertiary/aromatic N) is 1. The Morgan fingerprint density at radius 3 is 2.56 bits per heavy atom. The fraction of sp³-hybridized carbons (Fsp3) is 0.857. The van der Waals surface area contributed by atoms with Crippen molar-refractivity contribution in [2.45, 2.75) is 32.9 Å². The molecule has 0 fully saturated rings. The van der Waals surface area contributed by atoms with E-state index in [4.69, 9.17) is 0 Å². The molecule has 0 saturated carbocycles. The van der Waals surface area contributed by atoms with E-state index in [0.717, 1.165) is 13.0 Å². The minimum atomic E-state index is -0.0116. The summed E-state index contributed by atoms with van der Waals surface area (Å²) < 4.78 is 0. The van der Waals surface area contributed by atoms with Crippen LogP contribution >= 0.6 is 0 Å². The molecule has 0 spiro atoms. The normalized spacial score (nSPS) is 25.4. The van der Waals surface area contributed by atoms with Crippen molar-refractivity contribution in [3.63, 3.8) is 0 Å². The summed E-state index contributed by atoms with van der Waals surface area (Å²) in [6, 6.07) is 0. The van der Waals surface area contributed by atoms with Gasteiger partial charge in [-0.2, -0.15) is 0 Å². The molecule has 1 N–H and O–H groups in total. The summed E-state index contributed by atoms with van der Waals surface area (Å²) in [5, 5.41) is 3.30. The first-order valence-corrected chi connectivity index (χ1v) is 3.40. The third-order valence-electron chi connectivity index (χ3n) is 1.51. The van der Waals surface area contributed by atoms with E-state index >= 15 is 0 Å². The van der Waals surface area contributed by atoms with Crippen molar-refractivity contribution in [1.82, 2.24) is 5.32 Å². The Balaban J connectivity index is 2.68. The molecule has 52 valence electrons. The summed E-state index contributed by atoms with van der Waals surface area (Å²) in [5.74, 6) is 0. The smallest absolute Gasteiger partial charge is 0.104 e. The second kappa shape index (κ2) is 2.10. The average molecular weight is 126 g/mol. The van der Waals surface area contributed by atoms with Crippen LogP contribution in [-0.4, -0.2) is 17.9 Å². The Hall–Kier alpha value is -0.370. The molecule has 0 aliphatic carbocycles. The van der Waals surface area contributed by atoms with E-state index in [1.54, 1.807) is 0 Å². The lowest BCUT2D eigenvalue weighted by Gasteiger charge is -2.27. The first-order chi connectivity index (χ1) is 4.10. The minimum absolute atomic E-state index is 0.0116. The molecule has 0 aromatic carbocycles. The number of aliphatic imine (C=N–C) groups is 1. The Bertz CT molecular complexity index is 136. The Morgan fingerprint density at radius 2 is 2.22 bits per heavy atom. The summed E-state index contributed by atoms with van der Waals surface area (Å²) in [5.41, 5.74) is 1.25. The molecule has 0 bridgehead atoms. The van der Waals surface area contributed by atoms with Gasteiger partial charge in [0.2, 0.25) is 0 Å². The highest BCUT2D eigenvalue weighted by Crippen LogP contribution is 2.09. The number of rotatable bonds is 0. The van der Waals surface area contributed by atoms with Crippen LogP contribution in [0.15, 0.2) is 4.99 Å². The van der Waals surface area contributed by atoms with Crippen LogP contribution in [0.1, 0.15) is 27.2 Å². The Kier molecular flexibility index (Phi) is 1.58. The van der Waals surface area contributed by atoms with Gasteiger partial charge in [-0.25, -0.2) is 0 Å². The fourth-order valence-corrected chi connectivity index (χ4v) is 1.12. The molecule has 0 aromatic rings. The molecule has 2 heteroatoms.